The fourth-order valence-corrected chi connectivity index (χ4v) is 3.17. The highest BCUT2D eigenvalue weighted by Crippen LogP contribution is 2.33. The summed E-state index contributed by atoms with van der Waals surface area (Å²) in [4.78, 5) is 19.1. The van der Waals surface area contributed by atoms with Crippen LogP contribution >= 0.6 is 11.6 Å². The van der Waals surface area contributed by atoms with Gasteiger partial charge in [0.15, 0.2) is 5.69 Å². The van der Waals surface area contributed by atoms with E-state index >= 15 is 0 Å². The Labute approximate surface area is 146 Å². The number of nitrogens with zero attached hydrogens (tertiary/aromatic N) is 4. The lowest BCUT2D eigenvalue weighted by molar-refractivity contribution is 0.0728. The minimum atomic E-state index is -0.166. The van der Waals surface area contributed by atoms with Crippen molar-refractivity contribution in [2.24, 2.45) is 7.05 Å². The SMILES string of the molecule is CC(C)Oc1ccc(Cl)c(C(=O)N2CCC[C@@H]2c2cnn(C)c2)n1. The zero-order valence-electron chi connectivity index (χ0n) is 14.1. The Morgan fingerprint density at radius 1 is 1.42 bits per heavy atom. The van der Waals surface area contributed by atoms with Gasteiger partial charge in [-0.3, -0.25) is 9.48 Å². The number of carbonyl (C=O) groups excluding carboxylic acids is 1. The highest BCUT2D eigenvalue weighted by Gasteiger charge is 2.33. The van der Waals surface area contributed by atoms with E-state index in [1.54, 1.807) is 16.8 Å². The van der Waals surface area contributed by atoms with Gasteiger partial charge in [0.1, 0.15) is 0 Å². The minimum absolute atomic E-state index is 0.0127. The fourth-order valence-electron chi connectivity index (χ4n) is 2.99. The summed E-state index contributed by atoms with van der Waals surface area (Å²) in [5.41, 5.74) is 1.28. The molecule has 3 rings (SSSR count). The Balaban J connectivity index is 1.87. The summed E-state index contributed by atoms with van der Waals surface area (Å²) in [6.45, 7) is 4.51. The highest BCUT2D eigenvalue weighted by atomic mass is 35.5. The molecule has 0 radical (unpaired) electrons. The van der Waals surface area contributed by atoms with Crippen LogP contribution in [0.15, 0.2) is 24.5 Å². The molecule has 0 spiro atoms. The molecule has 2 aromatic heterocycles. The molecule has 0 unspecified atom stereocenters. The quantitative estimate of drug-likeness (QED) is 0.851. The predicted octanol–water partition coefficient (Wildman–Crippen LogP) is 3.23. The van der Waals surface area contributed by atoms with Gasteiger partial charge in [-0.15, -0.1) is 0 Å². The molecule has 0 aliphatic carbocycles. The average Bonchev–Trinajstić information content (AvgIpc) is 3.16. The smallest absolute Gasteiger partial charge is 0.274 e. The van der Waals surface area contributed by atoms with Crippen LogP contribution in [0.1, 0.15) is 48.8 Å². The summed E-state index contributed by atoms with van der Waals surface area (Å²) in [5.74, 6) is 0.246. The second-order valence-electron chi connectivity index (χ2n) is 6.25. The zero-order valence-corrected chi connectivity index (χ0v) is 14.8. The predicted molar refractivity (Wildman–Crippen MR) is 91.2 cm³/mol. The van der Waals surface area contributed by atoms with Crippen LogP contribution in [0.25, 0.3) is 0 Å². The molecule has 1 atom stereocenters. The van der Waals surface area contributed by atoms with E-state index < -0.39 is 0 Å². The van der Waals surface area contributed by atoms with Crippen LogP contribution in [0.4, 0.5) is 0 Å². The Morgan fingerprint density at radius 3 is 2.88 bits per heavy atom. The molecule has 7 heteroatoms. The average molecular weight is 349 g/mol. The Morgan fingerprint density at radius 2 is 2.21 bits per heavy atom. The number of pyridine rings is 1. The minimum Gasteiger partial charge on any atom is -0.475 e. The first-order valence-corrected chi connectivity index (χ1v) is 8.46. The highest BCUT2D eigenvalue weighted by molar-refractivity contribution is 6.33. The third-order valence-electron chi connectivity index (χ3n) is 4.00. The maximum Gasteiger partial charge on any atom is 0.274 e. The van der Waals surface area contributed by atoms with Crippen molar-refractivity contribution in [1.29, 1.82) is 0 Å². The van der Waals surface area contributed by atoms with Crippen molar-refractivity contribution in [3.63, 3.8) is 0 Å². The van der Waals surface area contributed by atoms with Crippen molar-refractivity contribution < 1.29 is 9.53 Å². The van der Waals surface area contributed by atoms with Gasteiger partial charge in [-0.05, 0) is 32.8 Å². The number of hydrogen-bond acceptors (Lipinski definition) is 4. The normalized spacial score (nSPS) is 17.5. The molecule has 0 saturated carbocycles. The number of hydrogen-bond donors (Lipinski definition) is 0. The summed E-state index contributed by atoms with van der Waals surface area (Å²) < 4.78 is 7.33. The molecule has 6 nitrogen and oxygen atoms in total. The molecule has 1 aliphatic rings. The summed E-state index contributed by atoms with van der Waals surface area (Å²) >= 11 is 6.22. The van der Waals surface area contributed by atoms with E-state index in [2.05, 4.69) is 10.1 Å². The van der Waals surface area contributed by atoms with Crippen LogP contribution in [0, 0.1) is 0 Å². The topological polar surface area (TPSA) is 60.2 Å². The van der Waals surface area contributed by atoms with Gasteiger partial charge in [-0.2, -0.15) is 5.10 Å². The molecule has 3 heterocycles. The molecule has 0 bridgehead atoms. The number of ether oxygens (including phenoxy) is 1. The van der Waals surface area contributed by atoms with Gasteiger partial charge in [0.25, 0.3) is 5.91 Å². The third-order valence-corrected chi connectivity index (χ3v) is 4.31. The molecule has 2 aromatic rings. The molecule has 24 heavy (non-hydrogen) atoms. The first-order chi connectivity index (χ1) is 11.5. The van der Waals surface area contributed by atoms with Gasteiger partial charge >= 0.3 is 0 Å². The molecule has 1 fully saturated rings. The van der Waals surface area contributed by atoms with E-state index in [0.29, 0.717) is 17.4 Å². The van der Waals surface area contributed by atoms with Crippen LogP contribution in [-0.2, 0) is 7.05 Å². The second kappa shape index (κ2) is 6.81. The van der Waals surface area contributed by atoms with Crippen LogP contribution in [0.3, 0.4) is 0 Å². The van der Waals surface area contributed by atoms with Gasteiger partial charge in [0, 0.05) is 31.4 Å². The van der Waals surface area contributed by atoms with E-state index in [1.807, 2.05) is 38.2 Å². The van der Waals surface area contributed by atoms with Crippen molar-refractivity contribution in [3.8, 4) is 5.88 Å². The zero-order chi connectivity index (χ0) is 17.3. The third kappa shape index (κ3) is 3.38. The molecular weight excluding hydrogens is 328 g/mol. The molecule has 1 aliphatic heterocycles. The maximum absolute atomic E-state index is 13.0. The van der Waals surface area contributed by atoms with Gasteiger partial charge in [0.05, 0.1) is 23.4 Å². The van der Waals surface area contributed by atoms with Crippen molar-refractivity contribution in [2.75, 3.05) is 6.54 Å². The lowest BCUT2D eigenvalue weighted by Gasteiger charge is -2.24. The Bertz CT molecular complexity index is 744. The standard InChI is InChI=1S/C17H21ClN4O2/c1-11(2)24-15-7-6-13(18)16(20-15)17(23)22-8-4-5-14(22)12-9-19-21(3)10-12/h6-7,9-11,14H,4-5,8H2,1-3H3/t14-/m1/s1. The van der Waals surface area contributed by atoms with Gasteiger partial charge < -0.3 is 9.64 Å². The maximum atomic E-state index is 13.0. The van der Waals surface area contributed by atoms with Crippen LogP contribution < -0.4 is 4.74 Å². The van der Waals surface area contributed by atoms with Crippen LogP contribution in [0.2, 0.25) is 5.02 Å². The Kier molecular flexibility index (Phi) is 4.76. The number of aromatic nitrogens is 3. The molecule has 128 valence electrons. The fraction of sp³-hybridized carbons (Fsp3) is 0.471. The first kappa shape index (κ1) is 16.8. The molecule has 0 aromatic carbocycles. The molecule has 1 saturated heterocycles. The van der Waals surface area contributed by atoms with E-state index in [9.17, 15) is 4.79 Å². The number of amides is 1. The van der Waals surface area contributed by atoms with Crippen molar-refractivity contribution >= 4 is 17.5 Å². The largest absolute Gasteiger partial charge is 0.475 e. The van der Waals surface area contributed by atoms with E-state index in [-0.39, 0.29) is 23.7 Å². The van der Waals surface area contributed by atoms with Crippen molar-refractivity contribution in [1.82, 2.24) is 19.7 Å². The lowest BCUT2D eigenvalue weighted by Crippen LogP contribution is -2.31. The molecular formula is C17H21ClN4O2. The monoisotopic (exact) mass is 348 g/mol. The molecule has 0 N–H and O–H groups in total. The molecule has 1 amide bonds. The van der Waals surface area contributed by atoms with Gasteiger partial charge in [-0.25, -0.2) is 4.98 Å². The van der Waals surface area contributed by atoms with E-state index in [4.69, 9.17) is 16.3 Å². The number of aryl methyl sites for hydroxylation is 1. The van der Waals surface area contributed by atoms with Crippen LogP contribution in [-0.4, -0.2) is 38.2 Å². The first-order valence-electron chi connectivity index (χ1n) is 8.08. The number of rotatable bonds is 4. The number of halogens is 1. The van der Waals surface area contributed by atoms with Crippen LogP contribution in [0.5, 0.6) is 5.88 Å². The van der Waals surface area contributed by atoms with Crippen molar-refractivity contribution in [3.05, 3.63) is 40.8 Å². The van der Waals surface area contributed by atoms with Gasteiger partial charge in [-0.1, -0.05) is 11.6 Å². The summed E-state index contributed by atoms with van der Waals surface area (Å²) in [5, 5.41) is 4.55. The van der Waals surface area contributed by atoms with E-state index in [0.717, 1.165) is 18.4 Å². The lowest BCUT2D eigenvalue weighted by atomic mass is 10.1. The second-order valence-corrected chi connectivity index (χ2v) is 6.66. The summed E-state index contributed by atoms with van der Waals surface area (Å²) in [7, 11) is 1.87. The van der Waals surface area contributed by atoms with E-state index in [1.165, 1.54) is 0 Å². The summed E-state index contributed by atoms with van der Waals surface area (Å²) in [6, 6.07) is 3.36. The number of carbonyl (C=O) groups is 1. The van der Waals surface area contributed by atoms with Gasteiger partial charge in [0.2, 0.25) is 5.88 Å². The summed E-state index contributed by atoms with van der Waals surface area (Å²) in [6.07, 6.45) is 5.60. The number of likely N-dealkylation sites (tertiary alicyclic amines) is 1. The Hall–Kier alpha value is -2.08. The van der Waals surface area contributed by atoms with Crippen molar-refractivity contribution in [2.45, 2.75) is 38.8 Å².